The topological polar surface area (TPSA) is 176 Å². The molecular formula is C34H25N5O6S. The van der Waals surface area contributed by atoms with Crippen LogP contribution in [0.4, 0.5) is 11.5 Å². The molecule has 0 bridgehead atoms. The Morgan fingerprint density at radius 1 is 0.957 bits per heavy atom. The van der Waals surface area contributed by atoms with Gasteiger partial charge in [0.2, 0.25) is 11.8 Å². The normalized spacial score (nSPS) is 14.0. The Bertz CT molecular complexity index is 1920. The quantitative estimate of drug-likeness (QED) is 0.142. The lowest BCUT2D eigenvalue weighted by molar-refractivity contribution is -0.121. The summed E-state index contributed by atoms with van der Waals surface area (Å²) in [4.78, 5) is 56.7. The number of thioether (sulfide) groups is 1. The molecule has 11 nitrogen and oxygen atoms in total. The minimum Gasteiger partial charge on any atom is -0.494 e. The number of nitrogen functional groups attached to an aromatic ring is 1. The number of esters is 1. The molecule has 1 unspecified atom stereocenters. The molecule has 1 saturated heterocycles. The van der Waals surface area contributed by atoms with Gasteiger partial charge in [-0.05, 0) is 61.0 Å². The Morgan fingerprint density at radius 2 is 1.61 bits per heavy atom. The third-order valence-corrected chi connectivity index (χ3v) is 8.19. The van der Waals surface area contributed by atoms with Gasteiger partial charge in [-0.25, -0.2) is 14.7 Å². The highest BCUT2D eigenvalue weighted by Gasteiger charge is 2.41. The van der Waals surface area contributed by atoms with E-state index in [4.69, 9.17) is 15.2 Å². The standard InChI is InChI=1S/C34H25N5O6S/c1-2-44-24-14-10-20(11-15-24)27(40)19-45-34(43)22-8-12-23(13-9-22)39-29(41)16-28(33(39)42)46-32-26(18-36)30(21-6-4-3-5-7-21)25(17-35)31(37)38-32/h3-15,28H,2,16,19H2,1H3,(H2,37,38). The van der Waals surface area contributed by atoms with Gasteiger partial charge in [0.25, 0.3) is 0 Å². The highest BCUT2D eigenvalue weighted by Crippen LogP contribution is 2.40. The minimum atomic E-state index is -0.915. The van der Waals surface area contributed by atoms with Crippen LogP contribution >= 0.6 is 11.8 Å². The van der Waals surface area contributed by atoms with E-state index in [0.29, 0.717) is 29.0 Å². The average Bonchev–Trinajstić information content (AvgIpc) is 3.35. The van der Waals surface area contributed by atoms with E-state index in [1.807, 2.05) is 13.0 Å². The van der Waals surface area contributed by atoms with Gasteiger partial charge in [0.15, 0.2) is 12.4 Å². The van der Waals surface area contributed by atoms with E-state index in [-0.39, 0.29) is 39.6 Å². The van der Waals surface area contributed by atoms with Crippen LogP contribution in [0.5, 0.6) is 5.75 Å². The number of imide groups is 1. The predicted molar refractivity (Wildman–Crippen MR) is 169 cm³/mol. The van der Waals surface area contributed by atoms with Crippen molar-refractivity contribution < 1.29 is 28.7 Å². The zero-order chi connectivity index (χ0) is 32.8. The molecule has 0 radical (unpaired) electrons. The van der Waals surface area contributed by atoms with Crippen molar-refractivity contribution in [2.45, 2.75) is 23.6 Å². The lowest BCUT2D eigenvalue weighted by atomic mass is 9.97. The Hall–Kier alpha value is -5.98. The third-order valence-electron chi connectivity index (χ3n) is 7.02. The average molecular weight is 632 g/mol. The zero-order valence-electron chi connectivity index (χ0n) is 24.4. The van der Waals surface area contributed by atoms with Gasteiger partial charge in [-0.15, -0.1) is 0 Å². The molecule has 2 heterocycles. The molecule has 1 atom stereocenters. The lowest BCUT2D eigenvalue weighted by Crippen LogP contribution is -2.31. The molecule has 1 aliphatic rings. The number of rotatable bonds is 10. The third kappa shape index (κ3) is 6.43. The van der Waals surface area contributed by atoms with E-state index in [0.717, 1.165) is 16.7 Å². The SMILES string of the molecule is CCOc1ccc(C(=O)COC(=O)c2ccc(N3C(=O)CC(Sc4nc(N)c(C#N)c(-c5ccccc5)c4C#N)C3=O)cc2)cc1. The van der Waals surface area contributed by atoms with Crippen LogP contribution < -0.4 is 15.4 Å². The molecule has 3 aromatic carbocycles. The van der Waals surface area contributed by atoms with Gasteiger partial charge in [0.1, 0.15) is 34.3 Å². The first-order valence-electron chi connectivity index (χ1n) is 14.0. The lowest BCUT2D eigenvalue weighted by Gasteiger charge is -2.16. The number of nitrogens with zero attached hydrogens (tertiary/aromatic N) is 4. The van der Waals surface area contributed by atoms with Gasteiger partial charge in [-0.1, -0.05) is 42.1 Å². The second-order valence-corrected chi connectivity index (χ2v) is 11.1. The molecule has 0 spiro atoms. The molecule has 0 saturated carbocycles. The molecular weight excluding hydrogens is 606 g/mol. The van der Waals surface area contributed by atoms with Crippen molar-refractivity contribution >= 4 is 46.8 Å². The molecule has 1 aromatic heterocycles. The number of pyridine rings is 1. The molecule has 46 heavy (non-hydrogen) atoms. The van der Waals surface area contributed by atoms with Crippen LogP contribution in [0.25, 0.3) is 11.1 Å². The number of aromatic nitrogens is 1. The Morgan fingerprint density at radius 3 is 2.24 bits per heavy atom. The summed E-state index contributed by atoms with van der Waals surface area (Å²) in [5, 5.41) is 19.0. The van der Waals surface area contributed by atoms with Gasteiger partial charge in [0, 0.05) is 17.5 Å². The fourth-order valence-electron chi connectivity index (χ4n) is 4.83. The smallest absolute Gasteiger partial charge is 0.338 e. The maximum Gasteiger partial charge on any atom is 0.338 e. The maximum absolute atomic E-state index is 13.4. The number of hydrogen-bond donors (Lipinski definition) is 1. The Kier molecular flexibility index (Phi) is 9.41. The predicted octanol–water partition coefficient (Wildman–Crippen LogP) is 4.94. The monoisotopic (exact) mass is 631 g/mol. The van der Waals surface area contributed by atoms with Crippen LogP contribution in [0.3, 0.4) is 0 Å². The first-order chi connectivity index (χ1) is 22.2. The number of ether oxygens (including phenoxy) is 2. The number of ketones is 1. The minimum absolute atomic E-state index is 0.0432. The number of hydrogen-bond acceptors (Lipinski definition) is 11. The van der Waals surface area contributed by atoms with Crippen LogP contribution in [0.2, 0.25) is 0 Å². The summed E-state index contributed by atoms with van der Waals surface area (Å²) in [5.41, 5.74) is 7.82. The maximum atomic E-state index is 13.4. The van der Waals surface area contributed by atoms with E-state index in [2.05, 4.69) is 11.1 Å². The van der Waals surface area contributed by atoms with Crippen LogP contribution in [0.1, 0.15) is 45.2 Å². The number of Topliss-reactive ketones (excluding diaryl/α,β-unsaturated/α-hetero) is 1. The molecule has 4 aromatic rings. The fourth-order valence-corrected chi connectivity index (χ4v) is 5.95. The number of anilines is 2. The van der Waals surface area contributed by atoms with Crippen LogP contribution in [-0.4, -0.2) is 47.0 Å². The number of carbonyl (C=O) groups is 4. The van der Waals surface area contributed by atoms with Crippen molar-refractivity contribution in [3.63, 3.8) is 0 Å². The Balaban J connectivity index is 1.28. The Labute approximate surface area is 268 Å². The summed E-state index contributed by atoms with van der Waals surface area (Å²) in [6.07, 6.45) is -0.173. The number of nitriles is 2. The molecule has 0 aliphatic carbocycles. The summed E-state index contributed by atoms with van der Waals surface area (Å²) in [5.74, 6) is -1.64. The van der Waals surface area contributed by atoms with Crippen molar-refractivity contribution in [3.05, 3.63) is 101 Å². The summed E-state index contributed by atoms with van der Waals surface area (Å²) in [7, 11) is 0. The fraction of sp³-hybridized carbons (Fsp3) is 0.147. The summed E-state index contributed by atoms with van der Waals surface area (Å²) >= 11 is 0.925. The number of amides is 2. The zero-order valence-corrected chi connectivity index (χ0v) is 25.2. The van der Waals surface area contributed by atoms with Gasteiger partial charge in [-0.3, -0.25) is 14.4 Å². The summed E-state index contributed by atoms with van der Waals surface area (Å²) < 4.78 is 10.5. The largest absolute Gasteiger partial charge is 0.494 e. The van der Waals surface area contributed by atoms with Crippen molar-refractivity contribution in [1.82, 2.24) is 4.98 Å². The van der Waals surface area contributed by atoms with Crippen LogP contribution in [-0.2, 0) is 14.3 Å². The van der Waals surface area contributed by atoms with Gasteiger partial charge >= 0.3 is 5.97 Å². The highest BCUT2D eigenvalue weighted by molar-refractivity contribution is 8.00. The molecule has 12 heteroatoms. The van der Waals surface area contributed by atoms with Gasteiger partial charge < -0.3 is 15.2 Å². The summed E-state index contributed by atoms with van der Waals surface area (Å²) in [6.45, 7) is 1.87. The molecule has 228 valence electrons. The molecule has 2 amide bonds. The van der Waals surface area contributed by atoms with Crippen molar-refractivity contribution in [2.24, 2.45) is 0 Å². The second kappa shape index (κ2) is 13.8. The number of nitrogens with two attached hydrogens (primary N) is 1. The molecule has 1 aliphatic heterocycles. The highest BCUT2D eigenvalue weighted by atomic mass is 32.2. The first-order valence-corrected chi connectivity index (χ1v) is 14.9. The first kappa shape index (κ1) is 31.4. The van der Waals surface area contributed by atoms with Crippen LogP contribution in [0, 0.1) is 22.7 Å². The van der Waals surface area contributed by atoms with Crippen molar-refractivity contribution in [1.29, 1.82) is 10.5 Å². The second-order valence-electron chi connectivity index (χ2n) is 9.90. The van der Waals surface area contributed by atoms with E-state index in [1.165, 1.54) is 24.3 Å². The van der Waals surface area contributed by atoms with Crippen LogP contribution in [0.15, 0.2) is 83.9 Å². The molecule has 5 rings (SSSR count). The van der Waals surface area contributed by atoms with Gasteiger partial charge in [-0.2, -0.15) is 10.5 Å². The van der Waals surface area contributed by atoms with E-state index >= 15 is 0 Å². The van der Waals surface area contributed by atoms with Crippen molar-refractivity contribution in [2.75, 3.05) is 23.8 Å². The van der Waals surface area contributed by atoms with Gasteiger partial charge in [0.05, 0.1) is 28.7 Å². The van der Waals surface area contributed by atoms with E-state index in [1.54, 1.807) is 54.6 Å². The summed E-state index contributed by atoms with van der Waals surface area (Å²) in [6, 6.07) is 25.0. The molecule has 1 fully saturated rings. The van der Waals surface area contributed by atoms with Crippen molar-refractivity contribution in [3.8, 4) is 29.0 Å². The molecule has 2 N–H and O–H groups in total. The number of benzene rings is 3. The van der Waals surface area contributed by atoms with E-state index in [9.17, 15) is 29.7 Å². The number of carbonyl (C=O) groups excluding carboxylic acids is 4. The van der Waals surface area contributed by atoms with E-state index < -0.39 is 35.4 Å².